The van der Waals surface area contributed by atoms with Gasteiger partial charge in [0.15, 0.2) is 5.69 Å². The first kappa shape index (κ1) is 19.8. The fourth-order valence-electron chi connectivity index (χ4n) is 3.25. The van der Waals surface area contributed by atoms with Crippen molar-refractivity contribution in [3.05, 3.63) is 53.0 Å². The lowest BCUT2D eigenvalue weighted by atomic mass is 10.0. The Morgan fingerprint density at radius 1 is 1.31 bits per heavy atom. The van der Waals surface area contributed by atoms with E-state index in [4.69, 9.17) is 19.7 Å². The van der Waals surface area contributed by atoms with Crippen molar-refractivity contribution >= 4 is 29.3 Å². The van der Waals surface area contributed by atoms with Crippen LogP contribution in [0.2, 0.25) is 0 Å². The highest BCUT2D eigenvalue weighted by molar-refractivity contribution is 5.97. The molecule has 3 N–H and O–H groups in total. The molecule has 3 aromatic rings. The van der Waals surface area contributed by atoms with Gasteiger partial charge in [-0.15, -0.1) is 0 Å². The third kappa shape index (κ3) is 3.86. The number of methoxy groups -OCH3 is 1. The van der Waals surface area contributed by atoms with Crippen LogP contribution in [0.4, 0.5) is 0 Å². The molecule has 10 heteroatoms. The van der Waals surface area contributed by atoms with Crippen LogP contribution in [0.3, 0.4) is 0 Å². The number of amides is 1. The van der Waals surface area contributed by atoms with Crippen LogP contribution in [0.25, 0.3) is 10.9 Å². The van der Waals surface area contributed by atoms with Crippen LogP contribution >= 0.6 is 0 Å². The monoisotopic (exact) mass is 398 g/mol. The first-order valence-corrected chi connectivity index (χ1v) is 8.60. The summed E-state index contributed by atoms with van der Waals surface area (Å²) in [7, 11) is 1.56. The zero-order valence-corrected chi connectivity index (χ0v) is 15.5. The summed E-state index contributed by atoms with van der Waals surface area (Å²) in [5.41, 5.74) is 2.31. The van der Waals surface area contributed by atoms with Gasteiger partial charge in [-0.2, -0.15) is 5.10 Å². The Labute approximate surface area is 164 Å². The second kappa shape index (κ2) is 8.38. The van der Waals surface area contributed by atoms with Gasteiger partial charge in [-0.05, 0) is 18.6 Å². The van der Waals surface area contributed by atoms with E-state index in [9.17, 15) is 9.59 Å². The van der Waals surface area contributed by atoms with Crippen LogP contribution in [0, 0.1) is 0 Å². The van der Waals surface area contributed by atoms with Crippen LogP contribution in [0.15, 0.2) is 30.3 Å². The van der Waals surface area contributed by atoms with E-state index in [1.807, 2.05) is 24.3 Å². The molecule has 2 aromatic heterocycles. The van der Waals surface area contributed by atoms with E-state index in [0.717, 1.165) is 5.39 Å². The van der Waals surface area contributed by atoms with Crippen LogP contribution in [0.1, 0.15) is 32.2 Å². The average Bonchev–Trinajstić information content (AvgIpc) is 3.16. The molecule has 3 heterocycles. The molecule has 150 valence electrons. The minimum absolute atomic E-state index is 0.0256. The van der Waals surface area contributed by atoms with Gasteiger partial charge < -0.3 is 19.8 Å². The zero-order chi connectivity index (χ0) is 21.0. The molecular weight excluding hydrogens is 380 g/mol. The molecule has 4 rings (SSSR count). The Morgan fingerprint density at radius 2 is 2.03 bits per heavy atom. The molecule has 1 aromatic carbocycles. The lowest BCUT2D eigenvalue weighted by Gasteiger charge is -2.26. The second-order valence-electron chi connectivity index (χ2n) is 6.14. The van der Waals surface area contributed by atoms with Crippen LogP contribution < -0.4 is 4.74 Å². The summed E-state index contributed by atoms with van der Waals surface area (Å²) in [4.78, 5) is 38.5. The Kier molecular flexibility index (Phi) is 5.72. The third-order valence-corrected chi connectivity index (χ3v) is 4.54. The minimum atomic E-state index is -1.07. The van der Waals surface area contributed by atoms with Crippen LogP contribution in [0.5, 0.6) is 5.75 Å². The highest BCUT2D eigenvalue weighted by atomic mass is 16.5. The number of nitrogens with one attached hydrogen (secondary N) is 1. The third-order valence-electron chi connectivity index (χ3n) is 4.54. The summed E-state index contributed by atoms with van der Waals surface area (Å²) < 4.78 is 5.40. The van der Waals surface area contributed by atoms with E-state index >= 15 is 0 Å². The van der Waals surface area contributed by atoms with E-state index in [-0.39, 0.29) is 24.6 Å². The van der Waals surface area contributed by atoms with Gasteiger partial charge in [-0.1, -0.05) is 12.1 Å². The van der Waals surface area contributed by atoms with E-state index in [1.54, 1.807) is 18.1 Å². The number of aromatic carboxylic acids is 1. The van der Waals surface area contributed by atoms with Crippen molar-refractivity contribution < 1.29 is 29.3 Å². The van der Waals surface area contributed by atoms with E-state index in [0.29, 0.717) is 41.2 Å². The van der Waals surface area contributed by atoms with Crippen molar-refractivity contribution in [3.63, 3.8) is 0 Å². The fourth-order valence-corrected chi connectivity index (χ4v) is 3.25. The van der Waals surface area contributed by atoms with Gasteiger partial charge in [0.05, 0.1) is 24.9 Å². The maximum absolute atomic E-state index is 12.9. The average molecular weight is 398 g/mol. The number of rotatable bonds is 3. The maximum atomic E-state index is 12.9. The van der Waals surface area contributed by atoms with Gasteiger partial charge in [0.2, 0.25) is 0 Å². The number of carboxylic acids is 1. The number of benzene rings is 1. The SMILES string of the molecule is COc1cc(C(=O)N2CCc3c(C(=O)O)n[nH]c3C2)nc2ccccc12.O=CO. The fraction of sp³-hybridized carbons (Fsp3) is 0.211. The number of ether oxygens (including phenoxy) is 1. The normalized spacial score (nSPS) is 12.5. The Balaban J connectivity index is 0.000000755. The van der Waals surface area contributed by atoms with Gasteiger partial charge in [0, 0.05) is 23.6 Å². The molecule has 0 radical (unpaired) electrons. The Morgan fingerprint density at radius 3 is 2.72 bits per heavy atom. The van der Waals surface area contributed by atoms with Crippen LogP contribution in [-0.4, -0.2) is 62.3 Å². The first-order chi connectivity index (χ1) is 14.0. The smallest absolute Gasteiger partial charge is 0.356 e. The Hall–Kier alpha value is -3.95. The van der Waals surface area contributed by atoms with E-state index < -0.39 is 5.97 Å². The lowest BCUT2D eigenvalue weighted by Crippen LogP contribution is -2.36. The second-order valence-corrected chi connectivity index (χ2v) is 6.14. The number of H-pyrrole nitrogens is 1. The summed E-state index contributed by atoms with van der Waals surface area (Å²) in [6.07, 6.45) is 0.434. The summed E-state index contributed by atoms with van der Waals surface area (Å²) in [5, 5.41) is 23.4. The molecule has 0 bridgehead atoms. The highest BCUT2D eigenvalue weighted by Crippen LogP contribution is 2.27. The number of aromatic amines is 1. The lowest BCUT2D eigenvalue weighted by molar-refractivity contribution is -0.122. The molecule has 1 amide bonds. The van der Waals surface area contributed by atoms with E-state index in [2.05, 4.69) is 15.2 Å². The topological polar surface area (TPSA) is 146 Å². The van der Waals surface area contributed by atoms with Gasteiger partial charge >= 0.3 is 5.97 Å². The molecule has 0 aliphatic carbocycles. The predicted molar refractivity (Wildman–Crippen MR) is 101 cm³/mol. The standard InChI is InChI=1S/C18H16N4O4.CH2O2/c1-26-15-8-13(19-12-5-3-2-4-10(12)15)17(23)22-7-6-11-14(9-22)20-21-16(11)18(24)25;2-1-3/h2-5,8H,6-7,9H2,1H3,(H,20,21)(H,24,25);1H,(H,2,3). The van der Waals surface area contributed by atoms with Gasteiger partial charge in [-0.25, -0.2) is 9.78 Å². The zero-order valence-electron chi connectivity index (χ0n) is 15.5. The molecule has 0 saturated heterocycles. The number of hydrogen-bond donors (Lipinski definition) is 3. The van der Waals surface area contributed by atoms with Gasteiger partial charge in [0.25, 0.3) is 12.4 Å². The van der Waals surface area contributed by atoms with Crippen molar-refractivity contribution in [1.29, 1.82) is 0 Å². The maximum Gasteiger partial charge on any atom is 0.356 e. The number of nitrogens with zero attached hydrogens (tertiary/aromatic N) is 3. The quantitative estimate of drug-likeness (QED) is 0.564. The number of carbonyl (C=O) groups excluding carboxylic acids is 1. The number of para-hydroxylation sites is 1. The first-order valence-electron chi connectivity index (χ1n) is 8.60. The molecule has 29 heavy (non-hydrogen) atoms. The molecule has 1 aliphatic rings. The van der Waals surface area contributed by atoms with Crippen LogP contribution in [-0.2, 0) is 17.8 Å². The molecule has 0 spiro atoms. The summed E-state index contributed by atoms with van der Waals surface area (Å²) in [5.74, 6) is -0.708. The van der Waals surface area contributed by atoms with Crippen molar-refractivity contribution in [3.8, 4) is 5.75 Å². The molecule has 0 saturated carbocycles. The summed E-state index contributed by atoms with van der Waals surface area (Å²) in [6.45, 7) is 0.424. The summed E-state index contributed by atoms with van der Waals surface area (Å²) in [6, 6.07) is 9.10. The number of carbonyl (C=O) groups is 3. The number of carboxylic acid groups (broad SMARTS) is 2. The Bertz CT molecular complexity index is 1080. The van der Waals surface area contributed by atoms with Crippen molar-refractivity contribution in [1.82, 2.24) is 20.1 Å². The largest absolute Gasteiger partial charge is 0.496 e. The number of fused-ring (bicyclic) bond motifs is 2. The van der Waals surface area contributed by atoms with Crippen molar-refractivity contribution in [2.24, 2.45) is 0 Å². The van der Waals surface area contributed by atoms with Gasteiger partial charge in [-0.3, -0.25) is 14.7 Å². The predicted octanol–water partition coefficient (Wildman–Crippen LogP) is 1.56. The number of hydrogen-bond acceptors (Lipinski definition) is 6. The van der Waals surface area contributed by atoms with E-state index in [1.165, 1.54) is 0 Å². The summed E-state index contributed by atoms with van der Waals surface area (Å²) >= 11 is 0. The molecule has 0 atom stereocenters. The minimum Gasteiger partial charge on any atom is -0.496 e. The molecule has 1 aliphatic heterocycles. The number of aromatic nitrogens is 3. The number of pyridine rings is 1. The molecule has 10 nitrogen and oxygen atoms in total. The molecule has 0 unspecified atom stereocenters. The molecular formula is C19H18N4O6. The van der Waals surface area contributed by atoms with Gasteiger partial charge in [0.1, 0.15) is 11.4 Å². The van der Waals surface area contributed by atoms with Crippen molar-refractivity contribution in [2.45, 2.75) is 13.0 Å². The van der Waals surface area contributed by atoms with Crippen molar-refractivity contribution in [2.75, 3.05) is 13.7 Å². The highest BCUT2D eigenvalue weighted by Gasteiger charge is 2.28. The molecule has 0 fully saturated rings.